The summed E-state index contributed by atoms with van der Waals surface area (Å²) in [4.78, 5) is 18.9. The Morgan fingerprint density at radius 2 is 2.32 bits per heavy atom. The number of amides is 1. The summed E-state index contributed by atoms with van der Waals surface area (Å²) in [5.41, 5.74) is 2.79. The van der Waals surface area contributed by atoms with Crippen molar-refractivity contribution in [1.82, 2.24) is 29.9 Å². The second kappa shape index (κ2) is 6.51. The molecule has 7 nitrogen and oxygen atoms in total. The largest absolute Gasteiger partial charge is 0.338 e. The fourth-order valence-electron chi connectivity index (χ4n) is 3.42. The van der Waals surface area contributed by atoms with Crippen molar-refractivity contribution in [3.8, 4) is 11.4 Å². The fraction of sp³-hybridized carbons (Fsp3) is 0.333. The minimum absolute atomic E-state index is 0.0788. The minimum atomic E-state index is 0.0788. The van der Waals surface area contributed by atoms with Gasteiger partial charge in [-0.2, -0.15) is 10.2 Å². The van der Waals surface area contributed by atoms with Crippen LogP contribution in [0.3, 0.4) is 0 Å². The van der Waals surface area contributed by atoms with Crippen molar-refractivity contribution in [2.24, 2.45) is 13.0 Å². The van der Waals surface area contributed by atoms with Gasteiger partial charge < -0.3 is 4.90 Å². The molecule has 1 amide bonds. The van der Waals surface area contributed by atoms with E-state index in [0.29, 0.717) is 17.3 Å². The first-order chi connectivity index (χ1) is 12.2. The minimum Gasteiger partial charge on any atom is -0.338 e. The molecule has 1 unspecified atom stereocenters. The molecule has 128 valence electrons. The smallest absolute Gasteiger partial charge is 0.253 e. The molecule has 25 heavy (non-hydrogen) atoms. The molecule has 0 aliphatic carbocycles. The van der Waals surface area contributed by atoms with Crippen molar-refractivity contribution in [2.75, 3.05) is 13.1 Å². The molecule has 3 aromatic rings. The van der Waals surface area contributed by atoms with Crippen molar-refractivity contribution in [2.45, 2.75) is 12.8 Å². The van der Waals surface area contributed by atoms with Gasteiger partial charge in [-0.25, -0.2) is 4.98 Å². The number of carbonyl (C=O) groups is 1. The maximum absolute atomic E-state index is 12.8. The standard InChI is InChI=1S/C18H20N6O/c1-23-10-14(9-21-23)7-13-5-6-24(11-13)18(25)16-4-2-3-15(8-16)17-19-12-20-22-17/h2-4,8-10,12-13H,5-7,11H2,1H3,(H,19,20,22). The molecule has 1 aliphatic heterocycles. The van der Waals surface area contributed by atoms with Crippen molar-refractivity contribution in [3.05, 3.63) is 54.1 Å². The predicted octanol–water partition coefficient (Wildman–Crippen LogP) is 1.91. The molecule has 1 N–H and O–H groups in total. The summed E-state index contributed by atoms with van der Waals surface area (Å²) in [5, 5.41) is 10.9. The maximum Gasteiger partial charge on any atom is 0.253 e. The summed E-state index contributed by atoms with van der Waals surface area (Å²) < 4.78 is 1.82. The van der Waals surface area contributed by atoms with Gasteiger partial charge in [0.25, 0.3) is 5.91 Å². The summed E-state index contributed by atoms with van der Waals surface area (Å²) in [7, 11) is 1.93. The molecule has 7 heteroatoms. The van der Waals surface area contributed by atoms with Crippen LogP contribution in [0.25, 0.3) is 11.4 Å². The molecular formula is C18H20N6O. The molecule has 0 radical (unpaired) electrons. The van der Waals surface area contributed by atoms with Gasteiger partial charge in [0.15, 0.2) is 5.82 Å². The van der Waals surface area contributed by atoms with Crippen LogP contribution in [0.4, 0.5) is 0 Å². The number of aromatic amines is 1. The van der Waals surface area contributed by atoms with E-state index in [-0.39, 0.29) is 5.91 Å². The first kappa shape index (κ1) is 15.6. The van der Waals surface area contributed by atoms with Crippen LogP contribution in [0.15, 0.2) is 43.0 Å². The summed E-state index contributed by atoms with van der Waals surface area (Å²) in [6.07, 6.45) is 7.42. The predicted molar refractivity (Wildman–Crippen MR) is 92.7 cm³/mol. The molecule has 1 saturated heterocycles. The fourth-order valence-corrected chi connectivity index (χ4v) is 3.42. The highest BCUT2D eigenvalue weighted by atomic mass is 16.2. The van der Waals surface area contributed by atoms with E-state index in [0.717, 1.165) is 31.5 Å². The van der Waals surface area contributed by atoms with Crippen molar-refractivity contribution < 1.29 is 4.79 Å². The van der Waals surface area contributed by atoms with Crippen LogP contribution in [-0.4, -0.2) is 48.9 Å². The molecule has 3 heterocycles. The number of H-pyrrole nitrogens is 1. The van der Waals surface area contributed by atoms with Crippen LogP contribution < -0.4 is 0 Å². The number of aryl methyl sites for hydroxylation is 1. The van der Waals surface area contributed by atoms with Crippen LogP contribution in [0.1, 0.15) is 22.3 Å². The first-order valence-corrected chi connectivity index (χ1v) is 8.41. The van der Waals surface area contributed by atoms with E-state index >= 15 is 0 Å². The van der Waals surface area contributed by atoms with Gasteiger partial charge in [0.1, 0.15) is 6.33 Å². The number of nitrogens with zero attached hydrogens (tertiary/aromatic N) is 5. The van der Waals surface area contributed by atoms with Crippen LogP contribution >= 0.6 is 0 Å². The summed E-state index contributed by atoms with van der Waals surface area (Å²) in [6, 6.07) is 7.54. The van der Waals surface area contributed by atoms with Crippen molar-refractivity contribution >= 4 is 5.91 Å². The van der Waals surface area contributed by atoms with E-state index in [1.165, 1.54) is 11.9 Å². The highest BCUT2D eigenvalue weighted by Gasteiger charge is 2.27. The Hall–Kier alpha value is -2.96. The Morgan fingerprint density at radius 1 is 1.40 bits per heavy atom. The van der Waals surface area contributed by atoms with Crippen molar-refractivity contribution in [3.63, 3.8) is 0 Å². The second-order valence-electron chi connectivity index (χ2n) is 6.55. The molecule has 1 aromatic carbocycles. The quantitative estimate of drug-likeness (QED) is 0.789. The zero-order valence-electron chi connectivity index (χ0n) is 14.1. The lowest BCUT2D eigenvalue weighted by atomic mass is 10.0. The third kappa shape index (κ3) is 3.31. The number of likely N-dealkylation sites (tertiary alicyclic amines) is 1. The van der Waals surface area contributed by atoms with E-state index in [4.69, 9.17) is 0 Å². The third-order valence-corrected chi connectivity index (χ3v) is 4.65. The molecule has 0 spiro atoms. The van der Waals surface area contributed by atoms with Crippen LogP contribution in [-0.2, 0) is 13.5 Å². The zero-order valence-corrected chi connectivity index (χ0v) is 14.1. The molecule has 2 aromatic heterocycles. The normalized spacial score (nSPS) is 17.2. The van der Waals surface area contributed by atoms with E-state index in [1.807, 2.05) is 53.3 Å². The molecule has 1 aliphatic rings. The Bertz CT molecular complexity index is 869. The van der Waals surface area contributed by atoms with E-state index < -0.39 is 0 Å². The van der Waals surface area contributed by atoms with E-state index in [1.54, 1.807) is 0 Å². The molecule has 0 bridgehead atoms. The summed E-state index contributed by atoms with van der Waals surface area (Å²) in [6.45, 7) is 1.59. The van der Waals surface area contributed by atoms with E-state index in [2.05, 4.69) is 20.3 Å². The Balaban J connectivity index is 1.44. The summed E-state index contributed by atoms with van der Waals surface area (Å²) >= 11 is 0. The number of benzene rings is 1. The summed E-state index contributed by atoms with van der Waals surface area (Å²) in [5.74, 6) is 1.24. The second-order valence-corrected chi connectivity index (χ2v) is 6.55. The number of aromatic nitrogens is 5. The maximum atomic E-state index is 12.8. The average molecular weight is 336 g/mol. The van der Waals surface area contributed by atoms with Gasteiger partial charge in [-0.1, -0.05) is 12.1 Å². The average Bonchev–Trinajstić information content (AvgIpc) is 3.37. The lowest BCUT2D eigenvalue weighted by Gasteiger charge is -2.17. The van der Waals surface area contributed by atoms with Gasteiger partial charge in [-0.05, 0) is 36.5 Å². The van der Waals surface area contributed by atoms with Crippen LogP contribution in [0.5, 0.6) is 0 Å². The molecule has 4 rings (SSSR count). The lowest BCUT2D eigenvalue weighted by Crippen LogP contribution is -2.28. The highest BCUT2D eigenvalue weighted by molar-refractivity contribution is 5.95. The van der Waals surface area contributed by atoms with Gasteiger partial charge in [0, 0.05) is 37.5 Å². The molecule has 1 fully saturated rings. The lowest BCUT2D eigenvalue weighted by molar-refractivity contribution is 0.0787. The molecule has 0 saturated carbocycles. The van der Waals surface area contributed by atoms with Crippen molar-refractivity contribution in [1.29, 1.82) is 0 Å². The van der Waals surface area contributed by atoms with Gasteiger partial charge in [0.05, 0.1) is 6.20 Å². The number of carbonyl (C=O) groups excluding carboxylic acids is 1. The molecule has 1 atom stereocenters. The van der Waals surface area contributed by atoms with Gasteiger partial charge in [-0.3, -0.25) is 14.6 Å². The number of hydrogen-bond acceptors (Lipinski definition) is 4. The Labute approximate surface area is 145 Å². The van der Waals surface area contributed by atoms with Gasteiger partial charge in [-0.15, -0.1) is 0 Å². The first-order valence-electron chi connectivity index (χ1n) is 8.41. The monoisotopic (exact) mass is 336 g/mol. The number of rotatable bonds is 4. The van der Waals surface area contributed by atoms with Crippen LogP contribution in [0, 0.1) is 5.92 Å². The van der Waals surface area contributed by atoms with Gasteiger partial charge in [0.2, 0.25) is 0 Å². The third-order valence-electron chi connectivity index (χ3n) is 4.65. The number of nitrogens with one attached hydrogen (secondary N) is 1. The topological polar surface area (TPSA) is 79.7 Å². The molecular weight excluding hydrogens is 316 g/mol. The number of hydrogen-bond donors (Lipinski definition) is 1. The zero-order chi connectivity index (χ0) is 17.2. The highest BCUT2D eigenvalue weighted by Crippen LogP contribution is 2.23. The SMILES string of the molecule is Cn1cc(CC2CCN(C(=O)c3cccc(-c4ncn[nH]4)c3)C2)cn1. The Morgan fingerprint density at radius 3 is 3.08 bits per heavy atom. The van der Waals surface area contributed by atoms with Gasteiger partial charge >= 0.3 is 0 Å². The van der Waals surface area contributed by atoms with E-state index in [9.17, 15) is 4.79 Å². The Kier molecular flexibility index (Phi) is 4.05. The van der Waals surface area contributed by atoms with Crippen LogP contribution in [0.2, 0.25) is 0 Å².